The smallest absolute Gasteiger partial charge is 0.327 e. The minimum Gasteiger partial charge on any atom is -0.497 e. The van der Waals surface area contributed by atoms with Crippen LogP contribution in [0.4, 0.5) is 0 Å². The molecule has 0 aliphatic heterocycles. The first-order valence-corrected chi connectivity index (χ1v) is 12.9. The fourth-order valence-corrected chi connectivity index (χ4v) is 4.74. The molecule has 1 aliphatic carbocycles. The highest BCUT2D eigenvalue weighted by Gasteiger charge is 2.49. The van der Waals surface area contributed by atoms with Crippen LogP contribution in [0.5, 0.6) is 5.75 Å². The number of carbonyl (C=O) groups is 2. The summed E-state index contributed by atoms with van der Waals surface area (Å²) >= 11 is 0. The number of carbonyl (C=O) groups excluding carboxylic acids is 2. The molecule has 0 unspecified atom stereocenters. The van der Waals surface area contributed by atoms with Gasteiger partial charge in [-0.05, 0) is 85.4 Å². The summed E-state index contributed by atoms with van der Waals surface area (Å²) in [6.07, 6.45) is 3.90. The lowest BCUT2D eigenvalue weighted by atomic mass is 9.72. The molecule has 0 N–H and O–H groups in total. The number of aryl methyl sites for hydroxylation is 2. The molecule has 5 nitrogen and oxygen atoms in total. The van der Waals surface area contributed by atoms with Gasteiger partial charge in [-0.2, -0.15) is 0 Å². The molecule has 0 amide bonds. The Morgan fingerprint density at radius 3 is 1.82 bits per heavy atom. The molecule has 0 atom stereocenters. The van der Waals surface area contributed by atoms with E-state index in [1.54, 1.807) is 27.0 Å². The number of rotatable bonds is 8. The number of fused-ring (bicyclic) bond motifs is 1. The van der Waals surface area contributed by atoms with Gasteiger partial charge in [0.25, 0.3) is 0 Å². The van der Waals surface area contributed by atoms with Crippen molar-refractivity contribution >= 4 is 23.1 Å². The van der Waals surface area contributed by atoms with Crippen molar-refractivity contribution in [3.8, 4) is 5.75 Å². The predicted octanol–water partition coefficient (Wildman–Crippen LogP) is 6.50. The van der Waals surface area contributed by atoms with Crippen LogP contribution >= 0.6 is 0 Å². The highest BCUT2D eigenvalue weighted by Crippen LogP contribution is 2.42. The lowest BCUT2D eigenvalue weighted by molar-refractivity contribution is -0.168. The normalized spacial score (nSPS) is 13.6. The second-order valence-corrected chi connectivity index (χ2v) is 9.50. The largest absolute Gasteiger partial charge is 0.497 e. The van der Waals surface area contributed by atoms with Crippen molar-refractivity contribution in [3.63, 3.8) is 0 Å². The van der Waals surface area contributed by atoms with Gasteiger partial charge in [0.05, 0.1) is 20.3 Å². The summed E-state index contributed by atoms with van der Waals surface area (Å²) in [7, 11) is 1.62. The average molecular weight is 511 g/mol. The maximum absolute atomic E-state index is 13.4. The summed E-state index contributed by atoms with van der Waals surface area (Å²) in [5, 5.41) is 0. The first-order chi connectivity index (χ1) is 18.3. The number of hydrogen-bond donors (Lipinski definition) is 0. The minimum absolute atomic E-state index is 0.145. The van der Waals surface area contributed by atoms with Crippen LogP contribution in [0, 0.1) is 19.3 Å². The zero-order valence-corrected chi connectivity index (χ0v) is 22.7. The quantitative estimate of drug-likeness (QED) is 0.256. The second-order valence-electron chi connectivity index (χ2n) is 9.50. The molecule has 196 valence electrons. The lowest BCUT2D eigenvalue weighted by Crippen LogP contribution is -2.44. The molecule has 3 aromatic carbocycles. The summed E-state index contributed by atoms with van der Waals surface area (Å²) in [5.74, 6) is -0.536. The van der Waals surface area contributed by atoms with E-state index in [9.17, 15) is 9.59 Å². The Morgan fingerprint density at radius 1 is 0.816 bits per heavy atom. The summed E-state index contributed by atoms with van der Waals surface area (Å²) in [5.41, 5.74) is 6.20. The maximum atomic E-state index is 13.4. The van der Waals surface area contributed by atoms with Crippen molar-refractivity contribution in [2.45, 2.75) is 34.1 Å². The molecule has 38 heavy (non-hydrogen) atoms. The van der Waals surface area contributed by atoms with E-state index in [0.29, 0.717) is 5.75 Å². The van der Waals surface area contributed by atoms with Crippen LogP contribution in [0.2, 0.25) is 0 Å². The molecule has 0 radical (unpaired) electrons. The van der Waals surface area contributed by atoms with Crippen molar-refractivity contribution in [1.82, 2.24) is 0 Å². The van der Waals surface area contributed by atoms with E-state index in [1.165, 1.54) is 0 Å². The van der Waals surface area contributed by atoms with Gasteiger partial charge < -0.3 is 14.2 Å². The Morgan fingerprint density at radius 2 is 1.34 bits per heavy atom. The Hall–Kier alpha value is -4.12. The highest BCUT2D eigenvalue weighted by atomic mass is 16.6. The summed E-state index contributed by atoms with van der Waals surface area (Å²) < 4.78 is 16.4. The Bertz CT molecular complexity index is 1310. The molecule has 3 aromatic rings. The van der Waals surface area contributed by atoms with Gasteiger partial charge in [0.1, 0.15) is 5.75 Å². The molecule has 0 saturated heterocycles. The number of hydrogen-bond acceptors (Lipinski definition) is 5. The Kier molecular flexibility index (Phi) is 8.16. The number of methoxy groups -OCH3 is 1. The first kappa shape index (κ1) is 26.9. The molecule has 4 rings (SSSR count). The van der Waals surface area contributed by atoms with Gasteiger partial charge in [-0.15, -0.1) is 0 Å². The van der Waals surface area contributed by atoms with Gasteiger partial charge >= 0.3 is 11.9 Å². The van der Waals surface area contributed by atoms with Gasteiger partial charge in [0.2, 0.25) is 0 Å². The van der Waals surface area contributed by atoms with Gasteiger partial charge in [0, 0.05) is 6.42 Å². The predicted molar refractivity (Wildman–Crippen MR) is 150 cm³/mol. The van der Waals surface area contributed by atoms with Crippen molar-refractivity contribution in [2.24, 2.45) is 5.41 Å². The van der Waals surface area contributed by atoms with Crippen LogP contribution in [-0.2, 0) is 25.5 Å². The van der Waals surface area contributed by atoms with Gasteiger partial charge in [-0.1, -0.05) is 65.7 Å². The zero-order chi connectivity index (χ0) is 27.3. The van der Waals surface area contributed by atoms with Crippen LogP contribution in [-0.4, -0.2) is 32.3 Å². The molecular weight excluding hydrogens is 476 g/mol. The van der Waals surface area contributed by atoms with E-state index >= 15 is 0 Å². The topological polar surface area (TPSA) is 61.8 Å². The molecule has 0 heterocycles. The lowest BCUT2D eigenvalue weighted by Gasteiger charge is -2.32. The molecule has 1 aliphatic rings. The maximum Gasteiger partial charge on any atom is 0.327 e. The van der Waals surface area contributed by atoms with Gasteiger partial charge in [-0.25, -0.2) is 0 Å². The van der Waals surface area contributed by atoms with E-state index < -0.39 is 17.4 Å². The summed E-state index contributed by atoms with van der Waals surface area (Å²) in [6, 6.07) is 22.3. The number of ether oxygens (including phenoxy) is 3. The van der Waals surface area contributed by atoms with Gasteiger partial charge in [0.15, 0.2) is 5.41 Å². The van der Waals surface area contributed by atoms with Gasteiger partial charge in [-0.3, -0.25) is 9.59 Å². The molecule has 0 saturated carbocycles. The SMILES string of the molecule is CCOC(=O)C1(C(=O)OCC)C=C(C=C(c2ccc(C)cc2)c2ccc(C)cc2)c2cc(OC)ccc2C1. The monoisotopic (exact) mass is 510 g/mol. The van der Waals surface area contributed by atoms with E-state index in [4.69, 9.17) is 14.2 Å². The zero-order valence-electron chi connectivity index (χ0n) is 22.7. The average Bonchev–Trinajstić information content (AvgIpc) is 2.92. The third kappa shape index (κ3) is 5.42. The number of allylic oxidation sites excluding steroid dienone is 2. The Balaban J connectivity index is 2.01. The summed E-state index contributed by atoms with van der Waals surface area (Å²) in [4.78, 5) is 26.8. The van der Waals surface area contributed by atoms with Crippen LogP contribution in [0.3, 0.4) is 0 Å². The standard InChI is InChI=1S/C33H34O5/c1-6-37-31(34)33(32(35)38-7-2)20-26-16-17-28(36-5)19-30(26)27(21-33)18-29(24-12-8-22(3)9-13-24)25-14-10-23(4)11-15-25/h8-19,21H,6-7,20H2,1-5H3. The first-order valence-electron chi connectivity index (χ1n) is 12.9. The highest BCUT2D eigenvalue weighted by molar-refractivity contribution is 6.06. The van der Waals surface area contributed by atoms with Crippen LogP contribution in [0.25, 0.3) is 11.1 Å². The number of esters is 2. The Labute approximate surface area is 224 Å². The van der Waals surface area contributed by atoms with Crippen molar-refractivity contribution in [3.05, 3.63) is 112 Å². The van der Waals surface area contributed by atoms with E-state index in [1.807, 2.05) is 24.3 Å². The molecule has 0 aromatic heterocycles. The third-order valence-electron chi connectivity index (χ3n) is 6.80. The van der Waals surface area contributed by atoms with Crippen LogP contribution in [0.15, 0.2) is 78.9 Å². The van der Waals surface area contributed by atoms with Crippen molar-refractivity contribution < 1.29 is 23.8 Å². The molecular formula is C33H34O5. The third-order valence-corrected chi connectivity index (χ3v) is 6.80. The molecule has 0 bridgehead atoms. The fourth-order valence-electron chi connectivity index (χ4n) is 4.74. The van der Waals surface area contributed by atoms with E-state index in [2.05, 4.69) is 62.4 Å². The number of benzene rings is 3. The van der Waals surface area contributed by atoms with Crippen LogP contribution in [0.1, 0.15) is 47.2 Å². The molecule has 0 fully saturated rings. The minimum atomic E-state index is -1.59. The van der Waals surface area contributed by atoms with Crippen LogP contribution < -0.4 is 4.74 Å². The second kappa shape index (κ2) is 11.5. The molecule has 0 spiro atoms. The van der Waals surface area contributed by atoms with E-state index in [0.717, 1.165) is 44.5 Å². The van der Waals surface area contributed by atoms with Crippen molar-refractivity contribution in [2.75, 3.05) is 20.3 Å². The fraction of sp³-hybridized carbons (Fsp3) is 0.273. The van der Waals surface area contributed by atoms with E-state index in [-0.39, 0.29) is 19.6 Å². The summed E-state index contributed by atoms with van der Waals surface area (Å²) in [6.45, 7) is 7.89. The van der Waals surface area contributed by atoms with Crippen molar-refractivity contribution in [1.29, 1.82) is 0 Å². The molecule has 5 heteroatoms.